The Morgan fingerprint density at radius 3 is 2.35 bits per heavy atom. The molecule has 0 bridgehead atoms. The fourth-order valence-corrected chi connectivity index (χ4v) is 2.24. The molecule has 2 atom stereocenters. The van der Waals surface area contributed by atoms with E-state index in [1.165, 1.54) is 0 Å². The maximum Gasteiger partial charge on any atom is 0.163 e. The first kappa shape index (κ1) is 17.1. The molecular formula is C16H26F2N2. The van der Waals surface area contributed by atoms with Crippen molar-refractivity contribution < 1.29 is 8.78 Å². The molecule has 1 rings (SSSR count). The van der Waals surface area contributed by atoms with E-state index in [2.05, 4.69) is 37.9 Å². The summed E-state index contributed by atoms with van der Waals surface area (Å²) in [4.78, 5) is 2.17. The van der Waals surface area contributed by atoms with Crippen LogP contribution in [0.3, 0.4) is 0 Å². The zero-order chi connectivity index (χ0) is 15.5. The Kier molecular flexibility index (Phi) is 5.66. The summed E-state index contributed by atoms with van der Waals surface area (Å²) < 4.78 is 27.2. The summed E-state index contributed by atoms with van der Waals surface area (Å²) in [5.74, 6) is -1.56. The summed E-state index contributed by atoms with van der Waals surface area (Å²) >= 11 is 0. The Morgan fingerprint density at radius 2 is 1.85 bits per heavy atom. The van der Waals surface area contributed by atoms with E-state index in [1.807, 2.05) is 7.05 Å². The molecule has 4 heteroatoms. The van der Waals surface area contributed by atoms with Gasteiger partial charge in [-0.3, -0.25) is 0 Å². The van der Waals surface area contributed by atoms with E-state index in [4.69, 9.17) is 0 Å². The van der Waals surface area contributed by atoms with Crippen LogP contribution in [0, 0.1) is 17.0 Å². The van der Waals surface area contributed by atoms with E-state index in [0.717, 1.165) is 6.07 Å². The summed E-state index contributed by atoms with van der Waals surface area (Å²) in [5, 5.41) is 3.08. The van der Waals surface area contributed by atoms with Crippen molar-refractivity contribution in [2.75, 3.05) is 20.6 Å². The second-order valence-electron chi connectivity index (χ2n) is 6.47. The van der Waals surface area contributed by atoms with Gasteiger partial charge in [-0.2, -0.15) is 0 Å². The van der Waals surface area contributed by atoms with Crippen molar-refractivity contribution in [3.63, 3.8) is 0 Å². The average Bonchev–Trinajstić information content (AvgIpc) is 2.37. The van der Waals surface area contributed by atoms with E-state index < -0.39 is 11.6 Å². The summed E-state index contributed by atoms with van der Waals surface area (Å²) in [5.41, 5.74) is 0.508. The third kappa shape index (κ3) is 4.00. The molecule has 2 unspecified atom stereocenters. The highest BCUT2D eigenvalue weighted by Crippen LogP contribution is 2.26. The Morgan fingerprint density at radius 1 is 1.25 bits per heavy atom. The van der Waals surface area contributed by atoms with Gasteiger partial charge in [0.05, 0.1) is 0 Å². The van der Waals surface area contributed by atoms with E-state index in [9.17, 15) is 8.78 Å². The van der Waals surface area contributed by atoms with Gasteiger partial charge in [0, 0.05) is 24.2 Å². The molecule has 0 radical (unpaired) electrons. The van der Waals surface area contributed by atoms with Gasteiger partial charge in [-0.05, 0) is 32.5 Å². The molecule has 0 fully saturated rings. The normalized spacial score (nSPS) is 15.4. The topological polar surface area (TPSA) is 15.3 Å². The quantitative estimate of drug-likeness (QED) is 0.889. The minimum atomic E-state index is -0.797. The Balaban J connectivity index is 2.90. The number of benzene rings is 1. The molecule has 114 valence electrons. The number of hydrogen-bond donors (Lipinski definition) is 1. The van der Waals surface area contributed by atoms with Crippen molar-refractivity contribution >= 4 is 0 Å². The molecule has 1 N–H and O–H groups in total. The Bertz CT molecular complexity index is 441. The predicted octanol–water partition coefficient (Wildman–Crippen LogP) is 3.59. The fourth-order valence-electron chi connectivity index (χ4n) is 2.24. The smallest absolute Gasteiger partial charge is 0.163 e. The lowest BCUT2D eigenvalue weighted by molar-refractivity contribution is 0.129. The zero-order valence-corrected chi connectivity index (χ0v) is 13.3. The third-order valence-corrected chi connectivity index (χ3v) is 4.09. The SMILES string of the molecule is CNC(CN(C)C(C)C(C)(C)C)c1cccc(F)c1F. The number of hydrogen-bond acceptors (Lipinski definition) is 2. The first-order valence-corrected chi connectivity index (χ1v) is 7.00. The third-order valence-electron chi connectivity index (χ3n) is 4.09. The molecule has 0 amide bonds. The molecule has 2 nitrogen and oxygen atoms in total. The zero-order valence-electron chi connectivity index (χ0n) is 13.3. The van der Waals surface area contributed by atoms with Crippen molar-refractivity contribution in [3.05, 3.63) is 35.4 Å². The highest BCUT2D eigenvalue weighted by Gasteiger charge is 2.26. The van der Waals surface area contributed by atoms with Crippen LogP contribution in [0.5, 0.6) is 0 Å². The lowest BCUT2D eigenvalue weighted by Gasteiger charge is -2.37. The largest absolute Gasteiger partial charge is 0.312 e. The predicted molar refractivity (Wildman–Crippen MR) is 79.7 cm³/mol. The maximum absolute atomic E-state index is 13.9. The summed E-state index contributed by atoms with van der Waals surface area (Å²) in [6.07, 6.45) is 0. The van der Waals surface area contributed by atoms with Crippen LogP contribution in [0.4, 0.5) is 8.78 Å². The standard InChI is InChI=1S/C16H26F2N2/c1-11(16(2,3)4)20(6)10-14(19-5)12-8-7-9-13(17)15(12)18/h7-9,11,14,19H,10H2,1-6H3. The molecule has 0 heterocycles. The summed E-state index contributed by atoms with van der Waals surface area (Å²) in [7, 11) is 3.78. The number of nitrogens with one attached hydrogen (secondary N) is 1. The van der Waals surface area contributed by atoms with Crippen LogP contribution in [-0.2, 0) is 0 Å². The molecule has 20 heavy (non-hydrogen) atoms. The molecule has 0 saturated heterocycles. The highest BCUT2D eigenvalue weighted by atomic mass is 19.2. The monoisotopic (exact) mass is 284 g/mol. The molecule has 0 aliphatic heterocycles. The highest BCUT2D eigenvalue weighted by molar-refractivity contribution is 5.23. The fraction of sp³-hybridized carbons (Fsp3) is 0.625. The van der Waals surface area contributed by atoms with Crippen molar-refractivity contribution in [3.8, 4) is 0 Å². The van der Waals surface area contributed by atoms with Gasteiger partial charge in [0.25, 0.3) is 0 Å². The van der Waals surface area contributed by atoms with Crippen molar-refractivity contribution in [2.45, 2.75) is 39.8 Å². The van der Waals surface area contributed by atoms with E-state index in [-0.39, 0.29) is 11.5 Å². The van der Waals surface area contributed by atoms with Crippen molar-refractivity contribution in [2.24, 2.45) is 5.41 Å². The lowest BCUT2D eigenvalue weighted by atomic mass is 9.87. The first-order valence-electron chi connectivity index (χ1n) is 7.00. The molecule has 0 saturated carbocycles. The molecule has 0 aliphatic carbocycles. The molecule has 0 spiro atoms. The van der Waals surface area contributed by atoms with Gasteiger partial charge in [-0.15, -0.1) is 0 Å². The van der Waals surface area contributed by atoms with E-state index in [0.29, 0.717) is 18.2 Å². The number of nitrogens with zero attached hydrogens (tertiary/aromatic N) is 1. The van der Waals surface area contributed by atoms with Crippen molar-refractivity contribution in [1.29, 1.82) is 0 Å². The van der Waals surface area contributed by atoms with Crippen LogP contribution in [0.1, 0.15) is 39.3 Å². The van der Waals surface area contributed by atoms with Crippen molar-refractivity contribution in [1.82, 2.24) is 10.2 Å². The van der Waals surface area contributed by atoms with Gasteiger partial charge < -0.3 is 10.2 Å². The van der Waals surface area contributed by atoms with Crippen LogP contribution < -0.4 is 5.32 Å². The molecular weight excluding hydrogens is 258 g/mol. The maximum atomic E-state index is 13.9. The summed E-state index contributed by atoms with van der Waals surface area (Å²) in [6, 6.07) is 4.42. The molecule has 1 aromatic carbocycles. The van der Waals surface area contributed by atoms with E-state index in [1.54, 1.807) is 19.2 Å². The molecule has 0 aliphatic rings. The Hall–Kier alpha value is -1.00. The second-order valence-corrected chi connectivity index (χ2v) is 6.47. The number of halogens is 2. The minimum absolute atomic E-state index is 0.132. The van der Waals surface area contributed by atoms with Gasteiger partial charge in [0.15, 0.2) is 11.6 Å². The van der Waals surface area contributed by atoms with Gasteiger partial charge >= 0.3 is 0 Å². The lowest BCUT2D eigenvalue weighted by Crippen LogP contribution is -2.43. The van der Waals surface area contributed by atoms with Crippen LogP contribution in [0.25, 0.3) is 0 Å². The molecule has 0 aromatic heterocycles. The number of rotatable bonds is 5. The second kappa shape index (κ2) is 6.64. The van der Waals surface area contributed by atoms with Crippen LogP contribution in [-0.4, -0.2) is 31.6 Å². The van der Waals surface area contributed by atoms with Crippen LogP contribution in [0.2, 0.25) is 0 Å². The van der Waals surface area contributed by atoms with Gasteiger partial charge in [0.1, 0.15) is 0 Å². The van der Waals surface area contributed by atoms with Crippen LogP contribution in [0.15, 0.2) is 18.2 Å². The minimum Gasteiger partial charge on any atom is -0.312 e. The molecule has 1 aromatic rings. The number of likely N-dealkylation sites (N-methyl/N-ethyl adjacent to an activating group) is 2. The first-order chi connectivity index (χ1) is 9.18. The summed E-state index contributed by atoms with van der Waals surface area (Å²) in [6.45, 7) is 9.28. The van der Waals surface area contributed by atoms with Crippen LogP contribution >= 0.6 is 0 Å². The van der Waals surface area contributed by atoms with Gasteiger partial charge in [0.2, 0.25) is 0 Å². The Labute approximate surface area is 121 Å². The van der Waals surface area contributed by atoms with Gasteiger partial charge in [-0.1, -0.05) is 32.9 Å². The van der Waals surface area contributed by atoms with Gasteiger partial charge in [-0.25, -0.2) is 8.78 Å². The average molecular weight is 284 g/mol. The van der Waals surface area contributed by atoms with E-state index >= 15 is 0 Å².